The Hall–Kier alpha value is -2.35. The van der Waals surface area contributed by atoms with Crippen molar-refractivity contribution in [1.82, 2.24) is 14.8 Å². The monoisotopic (exact) mass is 281 g/mol. The van der Waals surface area contributed by atoms with Gasteiger partial charge in [0.25, 0.3) is 0 Å². The normalized spacial score (nSPS) is 18.0. The molecule has 1 fully saturated rings. The van der Waals surface area contributed by atoms with E-state index in [1.54, 1.807) is 6.20 Å². The highest BCUT2D eigenvalue weighted by atomic mass is 15.3. The van der Waals surface area contributed by atoms with E-state index in [0.29, 0.717) is 11.6 Å². The maximum absolute atomic E-state index is 8.86. The molecule has 108 valence electrons. The highest BCUT2D eigenvalue weighted by Crippen LogP contribution is 2.25. The Morgan fingerprint density at radius 1 is 1.38 bits per heavy atom. The minimum absolute atomic E-state index is 0.420. The molecule has 1 saturated heterocycles. The standard InChI is InChI=1S/C16H19N5/c1-12-8-13(2)21(19-12)11-15-4-3-7-20(15)16-6-5-14(9-17)10-18-16/h5-6,8,10,15H,3-4,7,11H2,1-2H3/t15-/m0/s1. The van der Waals surface area contributed by atoms with Gasteiger partial charge in [0.2, 0.25) is 0 Å². The zero-order valence-corrected chi connectivity index (χ0v) is 12.5. The Morgan fingerprint density at radius 2 is 2.24 bits per heavy atom. The van der Waals surface area contributed by atoms with Crippen LogP contribution in [-0.4, -0.2) is 27.4 Å². The van der Waals surface area contributed by atoms with E-state index in [-0.39, 0.29) is 0 Å². The lowest BCUT2D eigenvalue weighted by molar-refractivity contribution is 0.496. The molecule has 0 aromatic carbocycles. The molecular formula is C16H19N5. The summed E-state index contributed by atoms with van der Waals surface area (Å²) in [5.74, 6) is 0.957. The lowest BCUT2D eigenvalue weighted by atomic mass is 10.2. The van der Waals surface area contributed by atoms with Gasteiger partial charge in [0.05, 0.1) is 23.8 Å². The molecule has 5 nitrogen and oxygen atoms in total. The molecule has 0 bridgehead atoms. The van der Waals surface area contributed by atoms with Crippen molar-refractivity contribution in [3.05, 3.63) is 41.3 Å². The lowest BCUT2D eigenvalue weighted by Gasteiger charge is -2.26. The number of rotatable bonds is 3. The van der Waals surface area contributed by atoms with E-state index in [9.17, 15) is 0 Å². The molecule has 0 spiro atoms. The second kappa shape index (κ2) is 5.57. The highest BCUT2D eigenvalue weighted by Gasteiger charge is 2.26. The molecule has 0 amide bonds. The number of nitriles is 1. The van der Waals surface area contributed by atoms with Crippen molar-refractivity contribution in [2.45, 2.75) is 39.3 Å². The number of aromatic nitrogens is 3. The zero-order chi connectivity index (χ0) is 14.8. The van der Waals surface area contributed by atoms with Crippen LogP contribution >= 0.6 is 0 Å². The van der Waals surface area contributed by atoms with Gasteiger partial charge in [0.1, 0.15) is 11.9 Å². The zero-order valence-electron chi connectivity index (χ0n) is 12.5. The molecule has 0 saturated carbocycles. The average Bonchev–Trinajstić information content (AvgIpc) is 3.06. The number of hydrogen-bond donors (Lipinski definition) is 0. The van der Waals surface area contributed by atoms with Gasteiger partial charge in [-0.1, -0.05) is 0 Å². The topological polar surface area (TPSA) is 57.7 Å². The second-order valence-electron chi connectivity index (χ2n) is 5.62. The summed E-state index contributed by atoms with van der Waals surface area (Å²) >= 11 is 0. The van der Waals surface area contributed by atoms with Crippen LogP contribution < -0.4 is 4.90 Å². The van der Waals surface area contributed by atoms with Crippen molar-refractivity contribution < 1.29 is 0 Å². The van der Waals surface area contributed by atoms with Crippen molar-refractivity contribution in [1.29, 1.82) is 5.26 Å². The first-order chi connectivity index (χ1) is 10.2. The maximum Gasteiger partial charge on any atom is 0.128 e. The molecule has 2 aromatic rings. The van der Waals surface area contributed by atoms with Crippen LogP contribution in [-0.2, 0) is 6.54 Å². The second-order valence-corrected chi connectivity index (χ2v) is 5.62. The van der Waals surface area contributed by atoms with Crippen LogP contribution in [0.2, 0.25) is 0 Å². The molecule has 3 heterocycles. The maximum atomic E-state index is 8.86. The van der Waals surface area contributed by atoms with E-state index in [2.05, 4.69) is 38.7 Å². The molecular weight excluding hydrogens is 262 g/mol. The smallest absolute Gasteiger partial charge is 0.128 e. The molecule has 21 heavy (non-hydrogen) atoms. The summed E-state index contributed by atoms with van der Waals surface area (Å²) in [5.41, 5.74) is 2.87. The predicted octanol–water partition coefficient (Wildman–Crippen LogP) is 2.44. The van der Waals surface area contributed by atoms with Crippen molar-refractivity contribution in [2.24, 2.45) is 0 Å². The van der Waals surface area contributed by atoms with Crippen LogP contribution in [0.1, 0.15) is 29.8 Å². The van der Waals surface area contributed by atoms with E-state index >= 15 is 0 Å². The van der Waals surface area contributed by atoms with Gasteiger partial charge < -0.3 is 4.90 Å². The third-order valence-electron chi connectivity index (χ3n) is 4.04. The van der Waals surface area contributed by atoms with E-state index in [4.69, 9.17) is 5.26 Å². The van der Waals surface area contributed by atoms with Gasteiger partial charge in [-0.05, 0) is 44.9 Å². The Kier molecular flexibility index (Phi) is 3.61. The molecule has 0 unspecified atom stereocenters. The highest BCUT2D eigenvalue weighted by molar-refractivity contribution is 5.43. The van der Waals surface area contributed by atoms with E-state index < -0.39 is 0 Å². The summed E-state index contributed by atoms with van der Waals surface area (Å²) < 4.78 is 2.09. The molecule has 0 N–H and O–H groups in total. The van der Waals surface area contributed by atoms with Crippen LogP contribution in [0.15, 0.2) is 24.4 Å². The first-order valence-corrected chi connectivity index (χ1v) is 7.31. The van der Waals surface area contributed by atoms with E-state index in [0.717, 1.165) is 31.0 Å². The number of nitrogens with zero attached hydrogens (tertiary/aromatic N) is 5. The Bertz CT molecular complexity index is 665. The Balaban J connectivity index is 1.78. The van der Waals surface area contributed by atoms with E-state index in [1.807, 2.05) is 19.1 Å². The van der Waals surface area contributed by atoms with Gasteiger partial charge in [-0.2, -0.15) is 10.4 Å². The number of hydrogen-bond acceptors (Lipinski definition) is 4. The molecule has 5 heteroatoms. The fraction of sp³-hybridized carbons (Fsp3) is 0.438. The van der Waals surface area contributed by atoms with Gasteiger partial charge >= 0.3 is 0 Å². The molecule has 1 aliphatic rings. The van der Waals surface area contributed by atoms with E-state index in [1.165, 1.54) is 12.1 Å². The summed E-state index contributed by atoms with van der Waals surface area (Å²) in [6, 6.07) is 8.42. The molecule has 1 atom stereocenters. The summed E-state index contributed by atoms with van der Waals surface area (Å²) in [6.07, 6.45) is 3.97. The van der Waals surface area contributed by atoms with Gasteiger partial charge in [0.15, 0.2) is 0 Å². The Labute approximate surface area is 124 Å². The van der Waals surface area contributed by atoms with Crippen LogP contribution in [0.5, 0.6) is 0 Å². The fourth-order valence-electron chi connectivity index (χ4n) is 3.01. The molecule has 0 aliphatic carbocycles. The van der Waals surface area contributed by atoms with Crippen LogP contribution in [0.25, 0.3) is 0 Å². The summed E-state index contributed by atoms with van der Waals surface area (Å²) in [5, 5.41) is 13.4. The Morgan fingerprint density at radius 3 is 2.86 bits per heavy atom. The van der Waals surface area contributed by atoms with Crippen LogP contribution in [0.3, 0.4) is 0 Å². The fourth-order valence-corrected chi connectivity index (χ4v) is 3.01. The third-order valence-corrected chi connectivity index (χ3v) is 4.04. The number of pyridine rings is 1. The van der Waals surface area contributed by atoms with Crippen LogP contribution in [0.4, 0.5) is 5.82 Å². The van der Waals surface area contributed by atoms with Crippen molar-refractivity contribution >= 4 is 5.82 Å². The summed E-state index contributed by atoms with van der Waals surface area (Å²) in [7, 11) is 0. The first-order valence-electron chi connectivity index (χ1n) is 7.31. The largest absolute Gasteiger partial charge is 0.352 e. The summed E-state index contributed by atoms with van der Waals surface area (Å²) in [4.78, 5) is 6.76. The average molecular weight is 281 g/mol. The third kappa shape index (κ3) is 2.75. The van der Waals surface area contributed by atoms with Gasteiger partial charge in [0, 0.05) is 18.4 Å². The summed E-state index contributed by atoms with van der Waals surface area (Å²) in [6.45, 7) is 6.03. The quantitative estimate of drug-likeness (QED) is 0.867. The number of anilines is 1. The minimum atomic E-state index is 0.420. The van der Waals surface area contributed by atoms with Gasteiger partial charge in [-0.3, -0.25) is 4.68 Å². The van der Waals surface area contributed by atoms with Crippen molar-refractivity contribution in [3.8, 4) is 6.07 Å². The number of aryl methyl sites for hydroxylation is 2. The molecule has 3 rings (SSSR count). The SMILES string of the molecule is Cc1cc(C)n(C[C@@H]2CCCN2c2ccc(C#N)cn2)n1. The van der Waals surface area contributed by atoms with Crippen molar-refractivity contribution in [2.75, 3.05) is 11.4 Å². The molecule has 1 aliphatic heterocycles. The molecule has 0 radical (unpaired) electrons. The lowest BCUT2D eigenvalue weighted by Crippen LogP contribution is -2.34. The van der Waals surface area contributed by atoms with Crippen LogP contribution in [0, 0.1) is 25.2 Å². The van der Waals surface area contributed by atoms with Gasteiger partial charge in [-0.25, -0.2) is 4.98 Å². The molecule has 2 aromatic heterocycles. The van der Waals surface area contributed by atoms with Gasteiger partial charge in [-0.15, -0.1) is 0 Å². The first kappa shape index (κ1) is 13.6. The predicted molar refractivity (Wildman–Crippen MR) is 81.0 cm³/mol. The minimum Gasteiger partial charge on any atom is -0.352 e. The van der Waals surface area contributed by atoms with Crippen molar-refractivity contribution in [3.63, 3.8) is 0 Å².